The molecule has 0 radical (unpaired) electrons. The molecule has 10 heteroatoms. The van der Waals surface area contributed by atoms with Crippen LogP contribution in [0.15, 0.2) is 27.6 Å². The van der Waals surface area contributed by atoms with Crippen molar-refractivity contribution in [2.24, 2.45) is 0 Å². The summed E-state index contributed by atoms with van der Waals surface area (Å²) in [6.45, 7) is 5.83. The van der Waals surface area contributed by atoms with Crippen molar-refractivity contribution in [2.75, 3.05) is 26.2 Å². The summed E-state index contributed by atoms with van der Waals surface area (Å²) in [7, 11) is -3.87. The van der Waals surface area contributed by atoms with E-state index < -0.39 is 27.5 Å². The molecule has 1 spiro atoms. The second-order valence-electron chi connectivity index (χ2n) is 5.82. The number of alkyl halides is 3. The number of nitrogens with one attached hydrogen (secondary N) is 1. The third-order valence-corrected chi connectivity index (χ3v) is 7.21. The van der Waals surface area contributed by atoms with Crippen LogP contribution in [-0.2, 0) is 20.9 Å². The first-order chi connectivity index (χ1) is 12.1. The summed E-state index contributed by atoms with van der Waals surface area (Å²) in [6.07, 6.45) is -3.51. The van der Waals surface area contributed by atoms with Crippen LogP contribution >= 0.6 is 15.9 Å². The van der Waals surface area contributed by atoms with Crippen LogP contribution in [0.1, 0.15) is 32.3 Å². The van der Waals surface area contributed by atoms with Gasteiger partial charge in [0, 0.05) is 36.9 Å². The largest absolute Gasteiger partial charge is 0.416 e. The van der Waals surface area contributed by atoms with Crippen molar-refractivity contribution in [3.05, 3.63) is 28.2 Å². The van der Waals surface area contributed by atoms with Crippen LogP contribution in [0.2, 0.25) is 0 Å². The van der Waals surface area contributed by atoms with Gasteiger partial charge >= 0.3 is 6.18 Å². The highest BCUT2D eigenvalue weighted by Gasteiger charge is 2.42. The number of benzene rings is 1. The van der Waals surface area contributed by atoms with E-state index in [0.29, 0.717) is 19.4 Å². The van der Waals surface area contributed by atoms with Gasteiger partial charge in [0.25, 0.3) is 0 Å². The van der Waals surface area contributed by atoms with Gasteiger partial charge < -0.3 is 4.74 Å². The Morgan fingerprint density at radius 3 is 2.31 bits per heavy atom. The molecule has 0 aliphatic carbocycles. The first-order valence-corrected chi connectivity index (χ1v) is 10.6. The molecule has 2 aliphatic rings. The molecular weight excluding hydrogens is 437 g/mol. The van der Waals surface area contributed by atoms with Crippen molar-refractivity contribution in [3.63, 3.8) is 0 Å². The second kappa shape index (κ2) is 8.14. The Morgan fingerprint density at radius 1 is 1.23 bits per heavy atom. The lowest BCUT2D eigenvalue weighted by atomic mass is 10.0. The molecule has 0 amide bonds. The van der Waals surface area contributed by atoms with E-state index >= 15 is 0 Å². The van der Waals surface area contributed by atoms with Crippen LogP contribution in [0.3, 0.4) is 0 Å². The lowest BCUT2D eigenvalue weighted by Gasteiger charge is -2.37. The maximum atomic E-state index is 12.7. The van der Waals surface area contributed by atoms with Gasteiger partial charge in [0.15, 0.2) is 0 Å². The lowest BCUT2D eigenvalue weighted by Crippen LogP contribution is -2.52. The van der Waals surface area contributed by atoms with Gasteiger partial charge in [-0.15, -0.1) is 0 Å². The van der Waals surface area contributed by atoms with E-state index in [0.717, 1.165) is 24.7 Å². The van der Waals surface area contributed by atoms with E-state index in [1.165, 1.54) is 4.31 Å². The fraction of sp³-hybridized carbons (Fsp3) is 0.625. The highest BCUT2D eigenvalue weighted by atomic mass is 79.9. The van der Waals surface area contributed by atoms with Gasteiger partial charge in [0.05, 0.1) is 17.1 Å². The van der Waals surface area contributed by atoms with E-state index in [1.54, 1.807) is 0 Å². The van der Waals surface area contributed by atoms with Crippen molar-refractivity contribution in [1.82, 2.24) is 9.62 Å². The molecule has 0 unspecified atom stereocenters. The molecule has 3 rings (SSSR count). The number of halogens is 4. The number of ether oxygens (including phenoxy) is 1. The number of hydrogen-bond acceptors (Lipinski definition) is 4. The van der Waals surface area contributed by atoms with E-state index in [2.05, 4.69) is 21.2 Å². The van der Waals surface area contributed by atoms with Crippen LogP contribution in [-0.4, -0.2) is 44.7 Å². The monoisotopic (exact) mass is 458 g/mol. The smallest absolute Gasteiger partial charge is 0.359 e. The molecule has 148 valence electrons. The average Bonchev–Trinajstić information content (AvgIpc) is 3.04. The van der Waals surface area contributed by atoms with Crippen molar-refractivity contribution in [2.45, 2.75) is 43.5 Å². The summed E-state index contributed by atoms with van der Waals surface area (Å²) >= 11 is 2.96. The molecular formula is C16H22BrF3N2O3S. The number of sulfonamides is 1. The minimum atomic E-state index is -4.52. The summed E-state index contributed by atoms with van der Waals surface area (Å²) in [6, 6.07) is 2.57. The Bertz CT molecular complexity index is 725. The number of rotatable bonds is 2. The van der Waals surface area contributed by atoms with Crippen LogP contribution in [0.5, 0.6) is 0 Å². The Morgan fingerprint density at radius 2 is 1.85 bits per heavy atom. The van der Waals surface area contributed by atoms with Crippen molar-refractivity contribution in [1.29, 1.82) is 0 Å². The first-order valence-electron chi connectivity index (χ1n) is 8.40. The van der Waals surface area contributed by atoms with Gasteiger partial charge in [-0.05, 0) is 34.1 Å². The minimum Gasteiger partial charge on any atom is -0.359 e. The molecule has 1 N–H and O–H groups in total. The maximum absolute atomic E-state index is 12.7. The molecule has 0 bridgehead atoms. The SMILES string of the molecule is CC.O=S(=O)(c1ccc(C(F)(F)F)cc1Br)N1CCC2(CC1)NCCO2. The molecule has 2 heterocycles. The topological polar surface area (TPSA) is 58.6 Å². The van der Waals surface area contributed by atoms with Crippen molar-refractivity contribution >= 4 is 26.0 Å². The predicted molar refractivity (Wildman–Crippen MR) is 95.2 cm³/mol. The Hall–Kier alpha value is -0.680. The molecule has 2 fully saturated rings. The quantitative estimate of drug-likeness (QED) is 0.735. The Kier molecular flexibility index (Phi) is 6.76. The summed E-state index contributed by atoms with van der Waals surface area (Å²) in [5.41, 5.74) is -1.36. The zero-order chi connectivity index (χ0) is 19.6. The van der Waals surface area contributed by atoms with E-state index in [9.17, 15) is 21.6 Å². The average molecular weight is 459 g/mol. The van der Waals surface area contributed by atoms with Crippen LogP contribution in [0, 0.1) is 0 Å². The molecule has 2 saturated heterocycles. The molecule has 1 aromatic carbocycles. The number of hydrogen-bond donors (Lipinski definition) is 1. The highest BCUT2D eigenvalue weighted by Crippen LogP contribution is 2.36. The molecule has 0 atom stereocenters. The van der Waals surface area contributed by atoms with Crippen LogP contribution in [0.25, 0.3) is 0 Å². The highest BCUT2D eigenvalue weighted by molar-refractivity contribution is 9.10. The molecule has 0 saturated carbocycles. The van der Waals surface area contributed by atoms with Crippen LogP contribution < -0.4 is 5.32 Å². The van der Waals surface area contributed by atoms with Gasteiger partial charge in [0.1, 0.15) is 5.72 Å². The van der Waals surface area contributed by atoms with E-state index in [4.69, 9.17) is 4.74 Å². The molecule has 2 aliphatic heterocycles. The first kappa shape index (κ1) is 21.6. The fourth-order valence-electron chi connectivity index (χ4n) is 3.01. The maximum Gasteiger partial charge on any atom is 0.416 e. The second-order valence-corrected chi connectivity index (χ2v) is 8.58. The van der Waals surface area contributed by atoms with Gasteiger partial charge in [-0.1, -0.05) is 13.8 Å². The van der Waals surface area contributed by atoms with Gasteiger partial charge in [0.2, 0.25) is 10.0 Å². The third-order valence-electron chi connectivity index (χ3n) is 4.33. The third kappa shape index (κ3) is 4.41. The summed E-state index contributed by atoms with van der Waals surface area (Å²) in [5, 5.41) is 3.24. The van der Waals surface area contributed by atoms with E-state index in [-0.39, 0.29) is 22.5 Å². The standard InChI is InChI=1S/C14H16BrF3N2O3S.C2H6/c15-11-9-10(14(16,17)18)1-2-12(11)24(21,22)20-6-3-13(4-7-20)19-5-8-23-13;1-2/h1-2,9,19H,3-8H2;1-2H3. The molecule has 5 nitrogen and oxygen atoms in total. The number of nitrogens with zero attached hydrogens (tertiary/aromatic N) is 1. The van der Waals surface area contributed by atoms with Crippen molar-refractivity contribution in [3.8, 4) is 0 Å². The van der Waals surface area contributed by atoms with Crippen LogP contribution in [0.4, 0.5) is 13.2 Å². The fourth-order valence-corrected chi connectivity index (χ4v) is 5.49. The zero-order valence-electron chi connectivity index (χ0n) is 14.6. The minimum absolute atomic E-state index is 0.0900. The zero-order valence-corrected chi connectivity index (χ0v) is 17.0. The van der Waals surface area contributed by atoms with Gasteiger partial charge in [-0.2, -0.15) is 17.5 Å². The lowest BCUT2D eigenvalue weighted by molar-refractivity contribution is -0.137. The molecule has 1 aromatic rings. The molecule has 26 heavy (non-hydrogen) atoms. The number of piperidine rings is 1. The normalized spacial score (nSPS) is 20.7. The van der Waals surface area contributed by atoms with E-state index in [1.807, 2.05) is 13.8 Å². The Labute approximate surface area is 160 Å². The summed E-state index contributed by atoms with van der Waals surface area (Å²) in [5.74, 6) is 0. The van der Waals surface area contributed by atoms with Gasteiger partial charge in [-0.25, -0.2) is 8.42 Å². The molecule has 0 aromatic heterocycles. The summed E-state index contributed by atoms with van der Waals surface area (Å²) < 4.78 is 70.5. The predicted octanol–water partition coefficient (Wildman–Crippen LogP) is 3.59. The van der Waals surface area contributed by atoms with Crippen molar-refractivity contribution < 1.29 is 26.3 Å². The van der Waals surface area contributed by atoms with Gasteiger partial charge in [-0.3, -0.25) is 5.32 Å². The Balaban J connectivity index is 0.00000117. The summed E-state index contributed by atoms with van der Waals surface area (Å²) in [4.78, 5) is -0.160.